The quantitative estimate of drug-likeness (QED) is 0.839. The molecule has 118 valence electrons. The Bertz CT molecular complexity index is 492. The van der Waals surface area contributed by atoms with Gasteiger partial charge in [-0.05, 0) is 19.5 Å². The Morgan fingerprint density at radius 2 is 2.10 bits per heavy atom. The van der Waals surface area contributed by atoms with Gasteiger partial charge in [0.25, 0.3) is 5.91 Å². The summed E-state index contributed by atoms with van der Waals surface area (Å²) in [4.78, 5) is 13.5. The zero-order valence-electron chi connectivity index (χ0n) is 13.2. The fraction of sp³-hybridized carbons (Fsp3) is 0.533. The van der Waals surface area contributed by atoms with Crippen LogP contribution in [0.5, 0.6) is 11.5 Å². The number of ether oxygens (including phenoxy) is 2. The van der Waals surface area contributed by atoms with E-state index in [4.69, 9.17) is 21.1 Å². The van der Waals surface area contributed by atoms with Crippen molar-refractivity contribution in [2.45, 2.75) is 26.5 Å². The standard InChI is InChI=1S/C15H23ClN2O3/c1-6-17-9-11-7-12(16)8-13(20-5)14(11)21-10(2)15(19)18(3)4/h7-8,10,17H,6,9H2,1-5H3. The maximum atomic E-state index is 12.0. The molecule has 5 nitrogen and oxygen atoms in total. The van der Waals surface area contributed by atoms with Crippen LogP contribution in [0.4, 0.5) is 0 Å². The van der Waals surface area contributed by atoms with Crippen molar-refractivity contribution in [3.8, 4) is 11.5 Å². The van der Waals surface area contributed by atoms with Crippen molar-refractivity contribution in [3.05, 3.63) is 22.7 Å². The molecule has 1 unspecified atom stereocenters. The molecule has 1 N–H and O–H groups in total. The SMILES string of the molecule is CCNCc1cc(Cl)cc(OC)c1OC(C)C(=O)N(C)C. The molecule has 6 heteroatoms. The van der Waals surface area contributed by atoms with Gasteiger partial charge in [-0.3, -0.25) is 4.79 Å². The topological polar surface area (TPSA) is 50.8 Å². The highest BCUT2D eigenvalue weighted by molar-refractivity contribution is 6.30. The summed E-state index contributed by atoms with van der Waals surface area (Å²) >= 11 is 6.09. The van der Waals surface area contributed by atoms with Crippen molar-refractivity contribution in [1.82, 2.24) is 10.2 Å². The van der Waals surface area contributed by atoms with Gasteiger partial charge in [-0.2, -0.15) is 0 Å². The maximum Gasteiger partial charge on any atom is 0.262 e. The van der Waals surface area contributed by atoms with Crippen LogP contribution in [-0.4, -0.2) is 44.7 Å². The van der Waals surface area contributed by atoms with Crippen molar-refractivity contribution in [2.24, 2.45) is 0 Å². The first kappa shape index (κ1) is 17.6. The normalized spacial score (nSPS) is 11.9. The summed E-state index contributed by atoms with van der Waals surface area (Å²) in [5, 5.41) is 3.79. The van der Waals surface area contributed by atoms with Gasteiger partial charge in [0.1, 0.15) is 0 Å². The third-order valence-corrected chi connectivity index (χ3v) is 3.18. The van der Waals surface area contributed by atoms with Gasteiger partial charge < -0.3 is 19.7 Å². The van der Waals surface area contributed by atoms with E-state index in [1.165, 1.54) is 4.90 Å². The second-order valence-electron chi connectivity index (χ2n) is 4.87. The number of nitrogens with zero attached hydrogens (tertiary/aromatic N) is 1. The molecular weight excluding hydrogens is 292 g/mol. The number of benzene rings is 1. The second kappa shape index (κ2) is 8.10. The lowest BCUT2D eigenvalue weighted by molar-refractivity contribution is -0.135. The Morgan fingerprint density at radius 1 is 1.43 bits per heavy atom. The molecule has 0 bridgehead atoms. The first-order valence-corrected chi connectivity index (χ1v) is 7.23. The molecule has 1 aromatic rings. The molecule has 0 heterocycles. The highest BCUT2D eigenvalue weighted by Crippen LogP contribution is 2.35. The number of halogens is 1. The van der Waals surface area contributed by atoms with E-state index >= 15 is 0 Å². The van der Waals surface area contributed by atoms with Gasteiger partial charge in [0.15, 0.2) is 17.6 Å². The molecule has 0 fully saturated rings. The van der Waals surface area contributed by atoms with Crippen LogP contribution in [0.15, 0.2) is 12.1 Å². The van der Waals surface area contributed by atoms with Gasteiger partial charge in [0.2, 0.25) is 0 Å². The monoisotopic (exact) mass is 314 g/mol. The zero-order chi connectivity index (χ0) is 16.0. The van der Waals surface area contributed by atoms with E-state index in [-0.39, 0.29) is 5.91 Å². The first-order chi connectivity index (χ1) is 9.90. The molecular formula is C15H23ClN2O3. The van der Waals surface area contributed by atoms with Crippen molar-refractivity contribution >= 4 is 17.5 Å². The van der Waals surface area contributed by atoms with Gasteiger partial charge in [-0.25, -0.2) is 0 Å². The lowest BCUT2D eigenvalue weighted by atomic mass is 10.1. The second-order valence-corrected chi connectivity index (χ2v) is 5.31. The highest BCUT2D eigenvalue weighted by atomic mass is 35.5. The first-order valence-electron chi connectivity index (χ1n) is 6.85. The van der Waals surface area contributed by atoms with E-state index in [0.717, 1.165) is 12.1 Å². The van der Waals surface area contributed by atoms with E-state index in [2.05, 4.69) is 5.32 Å². The average Bonchev–Trinajstić information content (AvgIpc) is 2.45. The summed E-state index contributed by atoms with van der Waals surface area (Å²) in [6, 6.07) is 3.49. The molecule has 0 aliphatic rings. The Balaban J connectivity index is 3.09. The van der Waals surface area contributed by atoms with Crippen LogP contribution in [0.2, 0.25) is 5.02 Å². The summed E-state index contributed by atoms with van der Waals surface area (Å²) in [6.45, 7) is 5.14. The molecule has 1 amide bonds. The van der Waals surface area contributed by atoms with E-state index in [1.54, 1.807) is 34.2 Å². The van der Waals surface area contributed by atoms with E-state index in [1.807, 2.05) is 13.0 Å². The number of hydrogen-bond acceptors (Lipinski definition) is 4. The van der Waals surface area contributed by atoms with Gasteiger partial charge in [0, 0.05) is 37.3 Å². The Morgan fingerprint density at radius 3 is 2.62 bits per heavy atom. The van der Waals surface area contributed by atoms with Gasteiger partial charge >= 0.3 is 0 Å². The smallest absolute Gasteiger partial charge is 0.262 e. The molecule has 0 aliphatic heterocycles. The Hall–Kier alpha value is -1.46. The Labute approximate surface area is 131 Å². The third kappa shape index (κ3) is 4.79. The summed E-state index contributed by atoms with van der Waals surface area (Å²) in [7, 11) is 4.94. The Kier molecular flexibility index (Phi) is 6.78. The highest BCUT2D eigenvalue weighted by Gasteiger charge is 2.21. The predicted octanol–water partition coefficient (Wildman–Crippen LogP) is 2.31. The number of likely N-dealkylation sites (N-methyl/N-ethyl adjacent to an activating group) is 1. The zero-order valence-corrected chi connectivity index (χ0v) is 14.0. The van der Waals surface area contributed by atoms with Crippen LogP contribution in [0.1, 0.15) is 19.4 Å². The van der Waals surface area contributed by atoms with Crippen molar-refractivity contribution in [2.75, 3.05) is 27.7 Å². The van der Waals surface area contributed by atoms with Crippen molar-refractivity contribution < 1.29 is 14.3 Å². The largest absolute Gasteiger partial charge is 0.493 e. The van der Waals surface area contributed by atoms with E-state index in [0.29, 0.717) is 23.1 Å². The van der Waals surface area contributed by atoms with E-state index < -0.39 is 6.10 Å². The lowest BCUT2D eigenvalue weighted by Gasteiger charge is -2.22. The van der Waals surface area contributed by atoms with E-state index in [9.17, 15) is 4.79 Å². The van der Waals surface area contributed by atoms with Gasteiger partial charge in [0.05, 0.1) is 7.11 Å². The van der Waals surface area contributed by atoms with Crippen LogP contribution >= 0.6 is 11.6 Å². The molecule has 1 aromatic carbocycles. The van der Waals surface area contributed by atoms with Crippen LogP contribution in [0.25, 0.3) is 0 Å². The number of carbonyl (C=O) groups is 1. The van der Waals surface area contributed by atoms with Gasteiger partial charge in [-0.1, -0.05) is 18.5 Å². The number of rotatable bonds is 7. The van der Waals surface area contributed by atoms with Crippen molar-refractivity contribution in [3.63, 3.8) is 0 Å². The minimum Gasteiger partial charge on any atom is -0.493 e. The van der Waals surface area contributed by atoms with Crippen LogP contribution in [-0.2, 0) is 11.3 Å². The molecule has 1 atom stereocenters. The lowest BCUT2D eigenvalue weighted by Crippen LogP contribution is -2.35. The predicted molar refractivity (Wildman–Crippen MR) is 84.2 cm³/mol. The fourth-order valence-electron chi connectivity index (χ4n) is 1.89. The minimum absolute atomic E-state index is 0.110. The third-order valence-electron chi connectivity index (χ3n) is 2.97. The maximum absolute atomic E-state index is 12.0. The number of carbonyl (C=O) groups excluding carboxylic acids is 1. The number of hydrogen-bond donors (Lipinski definition) is 1. The molecule has 0 saturated heterocycles. The molecule has 0 aliphatic carbocycles. The molecule has 0 radical (unpaired) electrons. The summed E-state index contributed by atoms with van der Waals surface area (Å²) in [5.74, 6) is 0.959. The number of methoxy groups -OCH3 is 1. The summed E-state index contributed by atoms with van der Waals surface area (Å²) in [5.41, 5.74) is 0.861. The van der Waals surface area contributed by atoms with Crippen LogP contribution in [0.3, 0.4) is 0 Å². The number of nitrogens with one attached hydrogen (secondary N) is 1. The number of amides is 1. The molecule has 0 spiro atoms. The fourth-order valence-corrected chi connectivity index (χ4v) is 2.12. The van der Waals surface area contributed by atoms with Crippen molar-refractivity contribution in [1.29, 1.82) is 0 Å². The van der Waals surface area contributed by atoms with Crippen LogP contribution < -0.4 is 14.8 Å². The average molecular weight is 315 g/mol. The molecule has 1 rings (SSSR count). The summed E-state index contributed by atoms with van der Waals surface area (Å²) in [6.07, 6.45) is -0.601. The van der Waals surface area contributed by atoms with Gasteiger partial charge in [-0.15, -0.1) is 0 Å². The molecule has 0 saturated carbocycles. The minimum atomic E-state index is -0.601. The molecule has 0 aromatic heterocycles. The van der Waals surface area contributed by atoms with Crippen LogP contribution in [0, 0.1) is 0 Å². The summed E-state index contributed by atoms with van der Waals surface area (Å²) < 4.78 is 11.2. The molecule has 21 heavy (non-hydrogen) atoms.